The first kappa shape index (κ1) is 16.2. The number of nitrogens with zero attached hydrogens (tertiary/aromatic N) is 1. The summed E-state index contributed by atoms with van der Waals surface area (Å²) in [7, 11) is 0. The van der Waals surface area contributed by atoms with Crippen LogP contribution in [0.1, 0.15) is 23.5 Å². The molecule has 1 amide bonds. The first-order valence-electron chi connectivity index (χ1n) is 8.82. The van der Waals surface area contributed by atoms with Gasteiger partial charge in [0.05, 0.1) is 0 Å². The van der Waals surface area contributed by atoms with Gasteiger partial charge in [-0.3, -0.25) is 15.6 Å². The van der Waals surface area contributed by atoms with Crippen LogP contribution in [0.15, 0.2) is 48.5 Å². The fourth-order valence-corrected chi connectivity index (χ4v) is 3.71. The smallest absolute Gasteiger partial charge is 0.230 e. The van der Waals surface area contributed by atoms with Crippen LogP contribution in [0.5, 0.6) is 0 Å². The van der Waals surface area contributed by atoms with Gasteiger partial charge in [-0.05, 0) is 48.2 Å². The summed E-state index contributed by atoms with van der Waals surface area (Å²) in [6.45, 7) is 2.61. The summed E-state index contributed by atoms with van der Waals surface area (Å²) in [5.41, 5.74) is 9.55. The van der Waals surface area contributed by atoms with Crippen molar-refractivity contribution in [1.82, 2.24) is 10.9 Å². The summed E-state index contributed by atoms with van der Waals surface area (Å²) in [5, 5.41) is 0. The van der Waals surface area contributed by atoms with Gasteiger partial charge in [0.2, 0.25) is 5.91 Å². The van der Waals surface area contributed by atoms with Crippen molar-refractivity contribution in [1.29, 1.82) is 0 Å². The number of carbonyl (C=O) groups is 1. The average Bonchev–Trinajstić information content (AvgIpc) is 3.28. The van der Waals surface area contributed by atoms with Gasteiger partial charge in [-0.2, -0.15) is 0 Å². The second-order valence-corrected chi connectivity index (χ2v) is 6.86. The number of halogens is 1. The van der Waals surface area contributed by atoms with Crippen LogP contribution >= 0.6 is 0 Å². The molecule has 0 aliphatic carbocycles. The summed E-state index contributed by atoms with van der Waals surface area (Å²) in [4.78, 5) is 14.6. The number of benzene rings is 2. The maximum atomic E-state index is 13.0. The number of anilines is 1. The van der Waals surface area contributed by atoms with Crippen LogP contribution in [0.2, 0.25) is 0 Å². The Morgan fingerprint density at radius 2 is 1.68 bits per heavy atom. The summed E-state index contributed by atoms with van der Waals surface area (Å²) < 4.78 is 13.0. The van der Waals surface area contributed by atoms with Crippen LogP contribution in [0.3, 0.4) is 0 Å². The zero-order chi connectivity index (χ0) is 17.2. The zero-order valence-corrected chi connectivity index (χ0v) is 14.0. The van der Waals surface area contributed by atoms with Crippen molar-refractivity contribution in [3.8, 4) is 0 Å². The van der Waals surface area contributed by atoms with E-state index in [-0.39, 0.29) is 17.6 Å². The molecule has 0 spiro atoms. The second kappa shape index (κ2) is 6.94. The standard InChI is InChI=1S/C20H22FN3O/c21-18-5-1-14(2-6-18)11-16-9-10-24(20(16)25)19-7-3-15(4-8-19)17-12-22-23-13-17/h1-8,16-17,22-23H,9-13H2. The molecule has 2 aliphatic heterocycles. The molecule has 4 rings (SSSR count). The molecule has 5 heteroatoms. The minimum absolute atomic E-state index is 0.0200. The maximum absolute atomic E-state index is 13.0. The lowest BCUT2D eigenvalue weighted by Crippen LogP contribution is -2.27. The average molecular weight is 339 g/mol. The first-order valence-corrected chi connectivity index (χ1v) is 8.82. The molecule has 2 aliphatic rings. The summed E-state index contributed by atoms with van der Waals surface area (Å²) in [5.74, 6) is 0.389. The number of rotatable bonds is 4. The number of amides is 1. The molecule has 2 saturated heterocycles. The van der Waals surface area contributed by atoms with E-state index in [1.807, 2.05) is 17.0 Å². The molecule has 2 fully saturated rings. The number of hydrogen-bond donors (Lipinski definition) is 2. The Balaban J connectivity index is 1.43. The summed E-state index contributed by atoms with van der Waals surface area (Å²) in [6.07, 6.45) is 1.52. The van der Waals surface area contributed by atoms with Gasteiger partial charge in [0.15, 0.2) is 0 Å². The van der Waals surface area contributed by atoms with E-state index in [1.54, 1.807) is 12.1 Å². The zero-order valence-electron chi connectivity index (χ0n) is 14.0. The minimum atomic E-state index is -0.240. The highest BCUT2D eigenvalue weighted by Crippen LogP contribution is 2.29. The number of hydrazine groups is 1. The van der Waals surface area contributed by atoms with Gasteiger partial charge < -0.3 is 4.90 Å². The fraction of sp³-hybridized carbons (Fsp3) is 0.350. The van der Waals surface area contributed by atoms with Gasteiger partial charge in [-0.1, -0.05) is 24.3 Å². The molecule has 0 saturated carbocycles. The molecular formula is C20H22FN3O. The Bertz CT molecular complexity index is 739. The van der Waals surface area contributed by atoms with Crippen molar-refractivity contribution in [2.45, 2.75) is 18.8 Å². The predicted octanol–water partition coefficient (Wildman–Crippen LogP) is 2.61. The number of nitrogens with one attached hydrogen (secondary N) is 2. The lowest BCUT2D eigenvalue weighted by molar-refractivity contribution is -0.120. The molecule has 0 radical (unpaired) electrons. The van der Waals surface area contributed by atoms with E-state index in [2.05, 4.69) is 23.0 Å². The van der Waals surface area contributed by atoms with Gasteiger partial charge in [-0.25, -0.2) is 4.39 Å². The monoisotopic (exact) mass is 339 g/mol. The van der Waals surface area contributed by atoms with E-state index in [0.29, 0.717) is 12.3 Å². The third kappa shape index (κ3) is 3.43. The normalized spacial score (nSPS) is 21.2. The fourth-order valence-electron chi connectivity index (χ4n) is 3.71. The molecular weight excluding hydrogens is 317 g/mol. The van der Waals surface area contributed by atoms with Gasteiger partial charge >= 0.3 is 0 Å². The van der Waals surface area contributed by atoms with E-state index >= 15 is 0 Å². The van der Waals surface area contributed by atoms with Crippen molar-refractivity contribution in [2.24, 2.45) is 5.92 Å². The molecule has 1 unspecified atom stereocenters. The Hall–Kier alpha value is -2.24. The van der Waals surface area contributed by atoms with Crippen LogP contribution in [-0.4, -0.2) is 25.5 Å². The van der Waals surface area contributed by atoms with Crippen LogP contribution in [0.25, 0.3) is 0 Å². The molecule has 2 N–H and O–H groups in total. The molecule has 0 bridgehead atoms. The molecule has 25 heavy (non-hydrogen) atoms. The largest absolute Gasteiger partial charge is 0.312 e. The van der Waals surface area contributed by atoms with E-state index in [9.17, 15) is 9.18 Å². The second-order valence-electron chi connectivity index (χ2n) is 6.86. The van der Waals surface area contributed by atoms with Crippen molar-refractivity contribution < 1.29 is 9.18 Å². The summed E-state index contributed by atoms with van der Waals surface area (Å²) >= 11 is 0. The SMILES string of the molecule is O=C1C(Cc2ccc(F)cc2)CCN1c1ccc(C2CNNC2)cc1. The quantitative estimate of drug-likeness (QED) is 0.900. The Kier molecular flexibility index (Phi) is 4.51. The highest BCUT2D eigenvalue weighted by atomic mass is 19.1. The van der Waals surface area contributed by atoms with Crippen molar-refractivity contribution in [3.05, 3.63) is 65.5 Å². The molecule has 2 aromatic carbocycles. The molecule has 130 valence electrons. The van der Waals surface area contributed by atoms with Crippen LogP contribution in [0, 0.1) is 11.7 Å². The highest BCUT2D eigenvalue weighted by molar-refractivity contribution is 5.97. The topological polar surface area (TPSA) is 44.4 Å². The Morgan fingerprint density at radius 3 is 2.36 bits per heavy atom. The van der Waals surface area contributed by atoms with Crippen LogP contribution < -0.4 is 15.8 Å². The predicted molar refractivity (Wildman–Crippen MR) is 95.8 cm³/mol. The van der Waals surface area contributed by atoms with Crippen molar-refractivity contribution in [2.75, 3.05) is 24.5 Å². The lowest BCUT2D eigenvalue weighted by Gasteiger charge is -2.18. The van der Waals surface area contributed by atoms with Crippen LogP contribution in [-0.2, 0) is 11.2 Å². The van der Waals surface area contributed by atoms with Gasteiger partial charge in [-0.15, -0.1) is 0 Å². The van der Waals surface area contributed by atoms with Crippen LogP contribution in [0.4, 0.5) is 10.1 Å². The highest BCUT2D eigenvalue weighted by Gasteiger charge is 2.32. The van der Waals surface area contributed by atoms with Gasteiger partial charge in [0, 0.05) is 37.2 Å². The summed E-state index contributed by atoms with van der Waals surface area (Å²) in [6, 6.07) is 14.8. The third-order valence-electron chi connectivity index (χ3n) is 5.21. The number of carbonyl (C=O) groups excluding carboxylic acids is 1. The first-order chi connectivity index (χ1) is 12.2. The van der Waals surface area contributed by atoms with Crippen molar-refractivity contribution in [3.63, 3.8) is 0 Å². The molecule has 0 aromatic heterocycles. The molecule has 1 atom stereocenters. The Labute approximate surface area is 147 Å². The van der Waals surface area contributed by atoms with E-state index < -0.39 is 0 Å². The molecule has 2 aromatic rings. The van der Waals surface area contributed by atoms with E-state index in [1.165, 1.54) is 17.7 Å². The van der Waals surface area contributed by atoms with Gasteiger partial charge in [0.25, 0.3) is 0 Å². The van der Waals surface area contributed by atoms with Crippen molar-refractivity contribution >= 4 is 11.6 Å². The van der Waals surface area contributed by atoms with E-state index in [0.717, 1.165) is 37.3 Å². The number of hydrogen-bond acceptors (Lipinski definition) is 3. The van der Waals surface area contributed by atoms with E-state index in [4.69, 9.17) is 0 Å². The Morgan fingerprint density at radius 1 is 1.00 bits per heavy atom. The maximum Gasteiger partial charge on any atom is 0.230 e. The lowest BCUT2D eigenvalue weighted by atomic mass is 9.98. The third-order valence-corrected chi connectivity index (χ3v) is 5.21. The molecule has 2 heterocycles. The minimum Gasteiger partial charge on any atom is -0.312 e. The molecule has 4 nitrogen and oxygen atoms in total. The van der Waals surface area contributed by atoms with Gasteiger partial charge in [0.1, 0.15) is 5.82 Å².